The second-order valence-corrected chi connectivity index (χ2v) is 11.7. The maximum Gasteiger partial charge on any atom is 0.279 e. The highest BCUT2D eigenvalue weighted by Crippen LogP contribution is 2.21. The van der Waals surface area contributed by atoms with Crippen LogP contribution in [0.1, 0.15) is 10.4 Å². The number of nitrogens with zero attached hydrogens (tertiary/aromatic N) is 3. The second kappa shape index (κ2) is 8.85. The summed E-state index contributed by atoms with van der Waals surface area (Å²) in [6.45, 7) is 7.11. The van der Waals surface area contributed by atoms with E-state index in [2.05, 4.69) is 18.2 Å². The topological polar surface area (TPSA) is 106 Å². The Bertz CT molecular complexity index is 1500. The summed E-state index contributed by atoms with van der Waals surface area (Å²) in [6.07, 6.45) is 3.77. The van der Waals surface area contributed by atoms with Gasteiger partial charge in [0.1, 0.15) is 0 Å². The molecule has 32 heavy (non-hydrogen) atoms. The Balaban J connectivity index is 1.96. The van der Waals surface area contributed by atoms with Crippen LogP contribution in [0, 0.1) is 0 Å². The summed E-state index contributed by atoms with van der Waals surface area (Å²) in [4.78, 5) is 17.4. The smallest absolute Gasteiger partial charge is 0.279 e. The first-order valence-corrected chi connectivity index (χ1v) is 13.4. The minimum absolute atomic E-state index is 0.0107. The van der Waals surface area contributed by atoms with Gasteiger partial charge in [0, 0.05) is 25.1 Å². The lowest BCUT2D eigenvalue weighted by Gasteiger charge is -2.18. The van der Waals surface area contributed by atoms with E-state index in [0.717, 1.165) is 16.1 Å². The van der Waals surface area contributed by atoms with Gasteiger partial charge in [0.15, 0.2) is 14.6 Å². The summed E-state index contributed by atoms with van der Waals surface area (Å²) >= 11 is 1.18. The van der Waals surface area contributed by atoms with Crippen molar-refractivity contribution >= 4 is 47.3 Å². The number of carbonyl (C=O) groups excluding carboxylic acids is 1. The summed E-state index contributed by atoms with van der Waals surface area (Å²) < 4.78 is 52.2. The molecule has 0 aliphatic rings. The van der Waals surface area contributed by atoms with Crippen molar-refractivity contribution in [3.05, 3.63) is 78.3 Å². The number of aromatic nitrogens is 1. The number of aryl methyl sites for hydroxylation is 1. The molecule has 0 spiro atoms. The zero-order chi connectivity index (χ0) is 23.7. The Kier molecular flexibility index (Phi) is 6.54. The van der Waals surface area contributed by atoms with Gasteiger partial charge in [-0.2, -0.15) is 4.99 Å². The lowest BCUT2D eigenvalue weighted by Crippen LogP contribution is -2.25. The van der Waals surface area contributed by atoms with Crippen molar-refractivity contribution in [3.63, 3.8) is 0 Å². The fraction of sp³-hybridized carbons (Fsp3) is 0.143. The van der Waals surface area contributed by atoms with Gasteiger partial charge in [-0.1, -0.05) is 24.0 Å². The number of sulfonamides is 1. The van der Waals surface area contributed by atoms with E-state index in [-0.39, 0.29) is 21.9 Å². The van der Waals surface area contributed by atoms with E-state index in [9.17, 15) is 21.6 Å². The molecule has 0 radical (unpaired) electrons. The first-order valence-electron chi connectivity index (χ1n) is 9.23. The fourth-order valence-electron chi connectivity index (χ4n) is 2.91. The summed E-state index contributed by atoms with van der Waals surface area (Å²) in [5, 5.41) is 0. The first kappa shape index (κ1) is 23.6. The Hall–Kier alpha value is -3.02. The molecule has 168 valence electrons. The highest BCUT2D eigenvalue weighted by Gasteiger charge is 2.20. The van der Waals surface area contributed by atoms with Gasteiger partial charge in [-0.25, -0.2) is 16.8 Å². The molecule has 2 aromatic carbocycles. The van der Waals surface area contributed by atoms with Crippen molar-refractivity contribution in [1.29, 1.82) is 0 Å². The molecule has 3 rings (SSSR count). The van der Waals surface area contributed by atoms with Crippen LogP contribution in [-0.4, -0.2) is 44.4 Å². The predicted molar refractivity (Wildman–Crippen MR) is 125 cm³/mol. The summed E-state index contributed by atoms with van der Waals surface area (Å²) in [5.41, 5.74) is 0.953. The Morgan fingerprint density at radius 2 is 1.72 bits per heavy atom. The van der Waals surface area contributed by atoms with Crippen LogP contribution >= 0.6 is 11.3 Å². The van der Waals surface area contributed by atoms with Crippen molar-refractivity contribution in [2.75, 3.05) is 12.8 Å². The molecule has 0 unspecified atom stereocenters. The molecule has 0 fully saturated rings. The maximum atomic E-state index is 12.7. The average molecular weight is 492 g/mol. The maximum absolute atomic E-state index is 12.7. The monoisotopic (exact) mass is 491 g/mol. The van der Waals surface area contributed by atoms with Gasteiger partial charge in [-0.3, -0.25) is 9.10 Å². The normalized spacial score (nSPS) is 12.6. The van der Waals surface area contributed by atoms with Crippen molar-refractivity contribution in [1.82, 2.24) is 8.87 Å². The van der Waals surface area contributed by atoms with Crippen LogP contribution in [0.2, 0.25) is 0 Å². The molecule has 0 saturated heterocycles. The number of fused-ring (bicyclic) bond motifs is 1. The molecule has 1 aromatic heterocycles. The summed E-state index contributed by atoms with van der Waals surface area (Å²) in [7, 11) is -5.43. The third-order valence-corrected chi connectivity index (χ3v) is 8.62. The third-order valence-electron chi connectivity index (χ3n) is 4.63. The van der Waals surface area contributed by atoms with Gasteiger partial charge in [-0.05, 0) is 42.5 Å². The minimum atomic E-state index is -3.80. The quantitative estimate of drug-likeness (QED) is 0.473. The van der Waals surface area contributed by atoms with Crippen LogP contribution in [0.3, 0.4) is 0 Å². The van der Waals surface area contributed by atoms with Crippen molar-refractivity contribution in [3.8, 4) is 0 Å². The first-order chi connectivity index (χ1) is 15.0. The molecule has 0 aliphatic carbocycles. The number of sulfone groups is 1. The van der Waals surface area contributed by atoms with E-state index in [4.69, 9.17) is 0 Å². The molecule has 0 atom stereocenters. The zero-order valence-corrected chi connectivity index (χ0v) is 19.9. The largest absolute Gasteiger partial charge is 0.319 e. The molecule has 0 saturated carbocycles. The lowest BCUT2D eigenvalue weighted by molar-refractivity contribution is 0.0998. The van der Waals surface area contributed by atoms with Crippen LogP contribution in [0.4, 0.5) is 0 Å². The second-order valence-electron chi connectivity index (χ2n) is 6.83. The number of carbonyl (C=O) groups is 1. The standard InChI is InChI=1S/C21H21N3O5S3/c1-5-13-24(6-2)32(28,29)16-9-7-15(8-10-16)20(25)22-21-23(3)18-12-11-17(31(4,26)27)14-19(18)30-21/h5-12,14H,1-2,13H2,3-4H3. The Morgan fingerprint density at radius 3 is 2.28 bits per heavy atom. The molecule has 0 N–H and O–H groups in total. The Labute approximate surface area is 190 Å². The number of thiazole rings is 1. The Morgan fingerprint density at radius 1 is 1.09 bits per heavy atom. The van der Waals surface area contributed by atoms with Crippen LogP contribution in [-0.2, 0) is 26.9 Å². The summed E-state index contributed by atoms with van der Waals surface area (Å²) in [6, 6.07) is 10.2. The van der Waals surface area contributed by atoms with E-state index in [1.54, 1.807) is 23.7 Å². The van der Waals surface area contributed by atoms with Gasteiger partial charge in [0.25, 0.3) is 15.9 Å². The van der Waals surface area contributed by atoms with E-state index in [1.165, 1.54) is 53.9 Å². The molecule has 1 heterocycles. The fourth-order valence-corrected chi connectivity index (χ4v) is 5.93. The van der Waals surface area contributed by atoms with E-state index in [1.807, 2.05) is 0 Å². The van der Waals surface area contributed by atoms with Gasteiger partial charge >= 0.3 is 0 Å². The van der Waals surface area contributed by atoms with Crippen molar-refractivity contribution in [2.45, 2.75) is 9.79 Å². The molecular weight excluding hydrogens is 470 g/mol. The zero-order valence-electron chi connectivity index (χ0n) is 17.4. The minimum Gasteiger partial charge on any atom is -0.319 e. The van der Waals surface area contributed by atoms with Gasteiger partial charge in [0.2, 0.25) is 0 Å². The summed E-state index contributed by atoms with van der Waals surface area (Å²) in [5.74, 6) is -0.550. The molecule has 3 aromatic rings. The van der Waals surface area contributed by atoms with Gasteiger partial charge in [0.05, 0.1) is 26.6 Å². The number of rotatable bonds is 7. The number of hydrogen-bond donors (Lipinski definition) is 0. The molecule has 11 heteroatoms. The van der Waals surface area contributed by atoms with Crippen LogP contribution in [0.25, 0.3) is 10.2 Å². The number of benzene rings is 2. The number of hydrogen-bond acceptors (Lipinski definition) is 6. The van der Waals surface area contributed by atoms with Gasteiger partial charge in [-0.15, -0.1) is 6.58 Å². The van der Waals surface area contributed by atoms with Crippen molar-refractivity contribution < 1.29 is 21.6 Å². The van der Waals surface area contributed by atoms with Crippen LogP contribution in [0.5, 0.6) is 0 Å². The highest BCUT2D eigenvalue weighted by atomic mass is 32.2. The van der Waals surface area contributed by atoms with E-state index in [0.29, 0.717) is 9.50 Å². The van der Waals surface area contributed by atoms with Crippen LogP contribution in [0.15, 0.2) is 82.7 Å². The van der Waals surface area contributed by atoms with Gasteiger partial charge < -0.3 is 4.57 Å². The SMILES string of the molecule is C=CCN(C=C)S(=O)(=O)c1ccc(C(=O)N=c2sc3cc(S(C)(=O)=O)ccc3n2C)cc1. The molecule has 1 amide bonds. The van der Waals surface area contributed by atoms with E-state index < -0.39 is 25.8 Å². The average Bonchev–Trinajstić information content (AvgIpc) is 3.06. The van der Waals surface area contributed by atoms with E-state index >= 15 is 0 Å². The number of amides is 1. The molecule has 8 nitrogen and oxygen atoms in total. The third kappa shape index (κ3) is 4.59. The molecule has 0 bridgehead atoms. The highest BCUT2D eigenvalue weighted by molar-refractivity contribution is 7.90. The van der Waals surface area contributed by atoms with Crippen LogP contribution < -0.4 is 4.80 Å². The molecular formula is C21H21N3O5S3. The predicted octanol–water partition coefficient (Wildman–Crippen LogP) is 2.70. The van der Waals surface area contributed by atoms with Crippen molar-refractivity contribution in [2.24, 2.45) is 12.0 Å². The molecule has 0 aliphatic heterocycles. The lowest BCUT2D eigenvalue weighted by atomic mass is 10.2.